The molecule has 0 amide bonds. The Labute approximate surface area is 209 Å². The van der Waals surface area contributed by atoms with Crippen molar-refractivity contribution in [2.75, 3.05) is 0 Å². The van der Waals surface area contributed by atoms with Crippen LogP contribution in [-0.4, -0.2) is 45.5 Å². The van der Waals surface area contributed by atoms with Gasteiger partial charge in [0.1, 0.15) is 0 Å². The number of hydrogen-bond acceptors (Lipinski definition) is 3. The van der Waals surface area contributed by atoms with Crippen molar-refractivity contribution in [1.82, 2.24) is 0 Å². The third-order valence-electron chi connectivity index (χ3n) is 9.12. The topological polar surface area (TPSA) is 60.7 Å². The van der Waals surface area contributed by atoms with Crippen LogP contribution in [0, 0.1) is 23.2 Å². The molecule has 206 valence electrons. The van der Waals surface area contributed by atoms with Crippen LogP contribution >= 0.6 is 0 Å². The molecule has 3 fully saturated rings. The smallest absolute Gasteiger partial charge is 0.393 e. The van der Waals surface area contributed by atoms with Crippen LogP contribution in [0.15, 0.2) is 35.5 Å². The predicted molar refractivity (Wildman–Crippen MR) is 125 cm³/mol. The molecule has 0 heterocycles. The molecule has 3 saturated carbocycles. The van der Waals surface area contributed by atoms with Gasteiger partial charge in [0.05, 0.1) is 12.2 Å². The number of rotatable bonds is 6. The molecule has 9 heteroatoms. The van der Waals surface area contributed by atoms with Gasteiger partial charge in [-0.05, 0) is 85.7 Å². The van der Waals surface area contributed by atoms with Gasteiger partial charge in [0.2, 0.25) is 0 Å². The minimum atomic E-state index is -5.77. The van der Waals surface area contributed by atoms with Gasteiger partial charge >= 0.3 is 12.4 Å². The second kappa shape index (κ2) is 10.4. The van der Waals surface area contributed by atoms with Gasteiger partial charge in [-0.1, -0.05) is 44.6 Å². The summed E-state index contributed by atoms with van der Waals surface area (Å²) in [4.78, 5) is 0. The van der Waals surface area contributed by atoms with E-state index in [9.17, 15) is 41.7 Å². The zero-order chi connectivity index (χ0) is 27.1. The molecule has 0 radical (unpaired) electrons. The van der Waals surface area contributed by atoms with E-state index in [0.29, 0.717) is 12.0 Å². The highest BCUT2D eigenvalue weighted by atomic mass is 19.4. The summed E-state index contributed by atoms with van der Waals surface area (Å²) in [5, 5.41) is 29.5. The summed E-state index contributed by atoms with van der Waals surface area (Å²) in [6.45, 7) is 8.03. The van der Waals surface area contributed by atoms with Crippen LogP contribution in [0.5, 0.6) is 0 Å². The van der Waals surface area contributed by atoms with Gasteiger partial charge in [0.25, 0.3) is 5.60 Å². The first-order valence-electron chi connectivity index (χ1n) is 12.8. The van der Waals surface area contributed by atoms with E-state index in [-0.39, 0.29) is 42.4 Å². The normalized spacial score (nSPS) is 35.4. The summed E-state index contributed by atoms with van der Waals surface area (Å²) in [6, 6.07) is 0. The Morgan fingerprint density at radius 3 is 2.33 bits per heavy atom. The van der Waals surface area contributed by atoms with Crippen molar-refractivity contribution in [3.63, 3.8) is 0 Å². The van der Waals surface area contributed by atoms with E-state index in [2.05, 4.69) is 19.6 Å². The molecular formula is C27H38F6O3. The number of halogens is 6. The maximum atomic E-state index is 13.0. The van der Waals surface area contributed by atoms with Crippen LogP contribution in [0.25, 0.3) is 0 Å². The van der Waals surface area contributed by atoms with Gasteiger partial charge < -0.3 is 15.3 Å². The van der Waals surface area contributed by atoms with Crippen LogP contribution in [0.3, 0.4) is 0 Å². The third kappa shape index (κ3) is 5.58. The van der Waals surface area contributed by atoms with Crippen LogP contribution in [0.4, 0.5) is 26.3 Å². The van der Waals surface area contributed by atoms with Gasteiger partial charge in [-0.15, -0.1) is 0 Å². The summed E-state index contributed by atoms with van der Waals surface area (Å²) in [7, 11) is 0. The van der Waals surface area contributed by atoms with Crippen molar-refractivity contribution >= 4 is 0 Å². The van der Waals surface area contributed by atoms with E-state index >= 15 is 0 Å². The second-order valence-electron chi connectivity index (χ2n) is 11.4. The minimum Gasteiger partial charge on any atom is -0.393 e. The lowest BCUT2D eigenvalue weighted by molar-refractivity contribution is -0.370. The van der Waals surface area contributed by atoms with E-state index in [1.54, 1.807) is 0 Å². The molecule has 0 bridgehead atoms. The Balaban J connectivity index is 1.69. The lowest BCUT2D eigenvalue weighted by Gasteiger charge is -2.44. The fraction of sp³-hybridized carbons (Fsp3) is 0.778. The Hall–Kier alpha value is -1.32. The zero-order valence-corrected chi connectivity index (χ0v) is 20.9. The van der Waals surface area contributed by atoms with E-state index < -0.39 is 36.6 Å². The minimum absolute atomic E-state index is 0.0770. The number of hydrogen-bond donors (Lipinski definition) is 3. The summed E-state index contributed by atoms with van der Waals surface area (Å²) in [5.41, 5.74) is -2.08. The van der Waals surface area contributed by atoms with Gasteiger partial charge in [-0.2, -0.15) is 26.3 Å². The van der Waals surface area contributed by atoms with Gasteiger partial charge in [-0.25, -0.2) is 0 Å². The first kappa shape index (κ1) is 29.2. The van der Waals surface area contributed by atoms with Crippen molar-refractivity contribution in [3.8, 4) is 0 Å². The fourth-order valence-electron chi connectivity index (χ4n) is 7.00. The molecule has 0 aromatic heterocycles. The summed E-state index contributed by atoms with van der Waals surface area (Å²) >= 11 is 0. The highest BCUT2D eigenvalue weighted by molar-refractivity contribution is 5.38. The lowest BCUT2D eigenvalue weighted by atomic mass is 9.60. The van der Waals surface area contributed by atoms with Crippen molar-refractivity contribution in [2.24, 2.45) is 23.2 Å². The van der Waals surface area contributed by atoms with E-state index in [4.69, 9.17) is 0 Å². The molecule has 6 atom stereocenters. The van der Waals surface area contributed by atoms with Gasteiger partial charge in [0.15, 0.2) is 0 Å². The number of aliphatic hydroxyl groups excluding tert-OH is 2. The quantitative estimate of drug-likeness (QED) is 0.336. The summed E-state index contributed by atoms with van der Waals surface area (Å²) < 4.78 is 78.1. The molecular weight excluding hydrogens is 486 g/mol. The molecule has 0 aromatic rings. The Bertz CT molecular complexity index is 860. The van der Waals surface area contributed by atoms with Gasteiger partial charge in [-0.3, -0.25) is 0 Å². The Kier molecular flexibility index (Phi) is 8.48. The number of fused-ring (bicyclic) bond motifs is 1. The molecule has 3 rings (SSSR count). The van der Waals surface area contributed by atoms with Gasteiger partial charge in [0, 0.05) is 6.42 Å². The average molecular weight is 525 g/mol. The van der Waals surface area contributed by atoms with Crippen LogP contribution in [0.2, 0.25) is 0 Å². The van der Waals surface area contributed by atoms with E-state index in [1.807, 2.05) is 13.0 Å². The van der Waals surface area contributed by atoms with Crippen LogP contribution < -0.4 is 0 Å². The number of alkyl halides is 6. The molecule has 36 heavy (non-hydrogen) atoms. The summed E-state index contributed by atoms with van der Waals surface area (Å²) in [6.07, 6.45) is -5.24. The van der Waals surface area contributed by atoms with Crippen molar-refractivity contribution in [2.45, 2.75) is 108 Å². The highest BCUT2D eigenvalue weighted by Gasteiger charge is 2.69. The maximum Gasteiger partial charge on any atom is 0.426 e. The molecule has 6 unspecified atom stereocenters. The number of allylic oxidation sites excluding steroid dienone is 3. The molecule has 0 aromatic carbocycles. The maximum absolute atomic E-state index is 13.0. The van der Waals surface area contributed by atoms with Crippen molar-refractivity contribution in [3.05, 3.63) is 35.5 Å². The third-order valence-corrected chi connectivity index (χ3v) is 9.12. The molecule has 3 aliphatic rings. The second-order valence-corrected chi connectivity index (χ2v) is 11.4. The Morgan fingerprint density at radius 2 is 1.72 bits per heavy atom. The largest absolute Gasteiger partial charge is 0.426 e. The molecule has 3 N–H and O–H groups in total. The summed E-state index contributed by atoms with van der Waals surface area (Å²) in [5.74, 6) is 0.355. The van der Waals surface area contributed by atoms with Crippen LogP contribution in [-0.2, 0) is 0 Å². The first-order chi connectivity index (χ1) is 16.5. The molecule has 0 spiro atoms. The van der Waals surface area contributed by atoms with Crippen LogP contribution in [0.1, 0.15) is 78.1 Å². The fourth-order valence-corrected chi connectivity index (χ4v) is 7.00. The Morgan fingerprint density at radius 1 is 1.08 bits per heavy atom. The molecule has 0 saturated heterocycles. The SMILES string of the molecule is C=C1/C(=C/C=C2\CCCC3(C)C2CCC3C(C)CCCC(O)(C(F)(F)F)C(F)(F)F)CC(O)CC1O. The predicted octanol–water partition coefficient (Wildman–Crippen LogP) is 6.79. The van der Waals surface area contributed by atoms with E-state index in [1.165, 1.54) is 5.57 Å². The molecule has 3 aliphatic carbocycles. The monoisotopic (exact) mass is 524 g/mol. The molecule has 0 aliphatic heterocycles. The standard InChI is InChI=1S/C27H38F6O3/c1-16(6-4-13-25(36,26(28,29)30)27(31,32)33)21-10-11-22-18(7-5-12-24(21,22)3)8-9-19-14-20(34)15-23(35)17(19)2/h8-9,16,20-23,34-36H,2,4-7,10-15H2,1,3H3/b18-8+,19-9+. The highest BCUT2D eigenvalue weighted by Crippen LogP contribution is 2.60. The zero-order valence-electron chi connectivity index (χ0n) is 20.9. The molecule has 3 nitrogen and oxygen atoms in total. The van der Waals surface area contributed by atoms with Crippen molar-refractivity contribution in [1.29, 1.82) is 0 Å². The lowest BCUT2D eigenvalue weighted by Crippen LogP contribution is -2.56. The van der Waals surface area contributed by atoms with Crippen molar-refractivity contribution < 1.29 is 41.7 Å². The number of aliphatic hydroxyl groups is 3. The first-order valence-corrected chi connectivity index (χ1v) is 12.8. The average Bonchev–Trinajstić information content (AvgIpc) is 3.11. The van der Waals surface area contributed by atoms with E-state index in [0.717, 1.165) is 37.7 Å².